The molecule has 1 unspecified atom stereocenters. The molecule has 1 N–H and O–H groups in total. The average molecular weight is 217 g/mol. The monoisotopic (exact) mass is 217 g/mol. The number of phenols is 1. The highest BCUT2D eigenvalue weighted by Crippen LogP contribution is 2.26. The molecule has 0 bridgehead atoms. The van der Waals surface area contributed by atoms with E-state index < -0.39 is 5.95 Å². The molecule has 0 saturated heterocycles. The van der Waals surface area contributed by atoms with Crippen LogP contribution in [0.2, 0.25) is 0 Å². The van der Waals surface area contributed by atoms with E-state index >= 15 is 0 Å². The summed E-state index contributed by atoms with van der Waals surface area (Å²) in [6.45, 7) is 1.91. The molecule has 0 radical (unpaired) electrons. The van der Waals surface area contributed by atoms with E-state index in [2.05, 4.69) is 4.98 Å². The fourth-order valence-corrected chi connectivity index (χ4v) is 1.66. The molecule has 16 heavy (non-hydrogen) atoms. The maximum absolute atomic E-state index is 13.4. The number of pyridine rings is 1. The van der Waals surface area contributed by atoms with Gasteiger partial charge in [-0.3, -0.25) is 0 Å². The highest BCUT2D eigenvalue weighted by molar-refractivity contribution is 5.34. The van der Waals surface area contributed by atoms with E-state index in [0.717, 1.165) is 5.56 Å². The molecule has 0 aliphatic heterocycles. The standard InChI is InChI=1S/C13H12FNO/c1-9(10-4-6-11(16)7-5-10)12-3-2-8-15-13(12)14/h2-9,16H,1H3. The number of nitrogens with zero attached hydrogens (tertiary/aromatic N) is 1. The first-order valence-electron chi connectivity index (χ1n) is 5.08. The zero-order valence-corrected chi connectivity index (χ0v) is 8.89. The van der Waals surface area contributed by atoms with Gasteiger partial charge < -0.3 is 5.11 Å². The first-order valence-corrected chi connectivity index (χ1v) is 5.08. The molecule has 0 aliphatic rings. The van der Waals surface area contributed by atoms with Crippen LogP contribution < -0.4 is 0 Å². The number of benzene rings is 1. The Kier molecular flexibility index (Phi) is 2.86. The number of rotatable bonds is 2. The van der Waals surface area contributed by atoms with Gasteiger partial charge in [0.25, 0.3) is 0 Å². The van der Waals surface area contributed by atoms with E-state index in [9.17, 15) is 9.50 Å². The second kappa shape index (κ2) is 4.31. The van der Waals surface area contributed by atoms with Gasteiger partial charge in [0.2, 0.25) is 5.95 Å². The molecule has 0 aliphatic carbocycles. The Balaban J connectivity index is 2.35. The zero-order valence-electron chi connectivity index (χ0n) is 8.89. The van der Waals surface area contributed by atoms with Crippen LogP contribution in [0.15, 0.2) is 42.6 Å². The number of aromatic hydroxyl groups is 1. The number of halogens is 1. The van der Waals surface area contributed by atoms with E-state index in [-0.39, 0.29) is 11.7 Å². The summed E-state index contributed by atoms with van der Waals surface area (Å²) in [5.74, 6) is -0.306. The van der Waals surface area contributed by atoms with Crippen LogP contribution in [0, 0.1) is 5.95 Å². The van der Waals surface area contributed by atoms with Crippen molar-refractivity contribution in [3.63, 3.8) is 0 Å². The SMILES string of the molecule is CC(c1ccc(O)cc1)c1cccnc1F. The number of hydrogen-bond acceptors (Lipinski definition) is 2. The Bertz CT molecular complexity index is 482. The van der Waals surface area contributed by atoms with Gasteiger partial charge >= 0.3 is 0 Å². The average Bonchev–Trinajstić information content (AvgIpc) is 2.30. The highest BCUT2D eigenvalue weighted by atomic mass is 19.1. The predicted octanol–water partition coefficient (Wildman–Crippen LogP) is 3.08. The van der Waals surface area contributed by atoms with Crippen molar-refractivity contribution in [3.05, 3.63) is 59.7 Å². The van der Waals surface area contributed by atoms with Gasteiger partial charge in [0.15, 0.2) is 0 Å². The molecule has 0 amide bonds. The number of hydrogen-bond donors (Lipinski definition) is 1. The number of phenolic OH excluding ortho intramolecular Hbond substituents is 1. The molecule has 3 heteroatoms. The maximum Gasteiger partial charge on any atom is 0.216 e. The lowest BCUT2D eigenvalue weighted by atomic mass is 9.94. The third kappa shape index (κ3) is 2.03. The van der Waals surface area contributed by atoms with Gasteiger partial charge in [0.05, 0.1) is 0 Å². The van der Waals surface area contributed by atoms with Crippen LogP contribution in [-0.2, 0) is 0 Å². The van der Waals surface area contributed by atoms with E-state index in [4.69, 9.17) is 0 Å². The van der Waals surface area contributed by atoms with E-state index in [0.29, 0.717) is 5.56 Å². The van der Waals surface area contributed by atoms with E-state index in [1.54, 1.807) is 36.4 Å². The van der Waals surface area contributed by atoms with Crippen molar-refractivity contribution in [1.82, 2.24) is 4.98 Å². The predicted molar refractivity (Wildman–Crippen MR) is 59.8 cm³/mol. The van der Waals surface area contributed by atoms with Gasteiger partial charge in [-0.15, -0.1) is 0 Å². The van der Waals surface area contributed by atoms with Crippen molar-refractivity contribution in [2.45, 2.75) is 12.8 Å². The second-order valence-electron chi connectivity index (χ2n) is 3.70. The topological polar surface area (TPSA) is 33.1 Å². The molecule has 82 valence electrons. The Morgan fingerprint density at radius 3 is 2.50 bits per heavy atom. The third-order valence-electron chi connectivity index (χ3n) is 2.65. The van der Waals surface area contributed by atoms with Gasteiger partial charge in [-0.05, 0) is 23.8 Å². The normalized spacial score (nSPS) is 12.4. The summed E-state index contributed by atoms with van der Waals surface area (Å²) in [5, 5.41) is 9.18. The maximum atomic E-state index is 13.4. The molecule has 1 heterocycles. The van der Waals surface area contributed by atoms with E-state index in [1.807, 2.05) is 6.92 Å². The minimum Gasteiger partial charge on any atom is -0.508 e. The molecule has 2 aromatic rings. The second-order valence-corrected chi connectivity index (χ2v) is 3.70. The quantitative estimate of drug-likeness (QED) is 0.784. The highest BCUT2D eigenvalue weighted by Gasteiger charge is 2.13. The summed E-state index contributed by atoms with van der Waals surface area (Å²) in [6.07, 6.45) is 1.43. The van der Waals surface area contributed by atoms with Crippen molar-refractivity contribution in [2.75, 3.05) is 0 Å². The summed E-state index contributed by atoms with van der Waals surface area (Å²) in [5.41, 5.74) is 1.51. The van der Waals surface area contributed by atoms with Crippen molar-refractivity contribution >= 4 is 0 Å². The molecular weight excluding hydrogens is 205 g/mol. The summed E-state index contributed by atoms with van der Waals surface area (Å²) < 4.78 is 13.4. The van der Waals surface area contributed by atoms with Gasteiger partial charge in [-0.1, -0.05) is 25.1 Å². The van der Waals surface area contributed by atoms with E-state index in [1.165, 1.54) is 6.20 Å². The first-order chi connectivity index (χ1) is 7.68. The molecule has 1 aromatic carbocycles. The van der Waals surface area contributed by atoms with Crippen LogP contribution in [0.3, 0.4) is 0 Å². The van der Waals surface area contributed by atoms with Gasteiger partial charge in [0.1, 0.15) is 5.75 Å². The summed E-state index contributed by atoms with van der Waals surface area (Å²) in [6, 6.07) is 10.2. The molecule has 1 aromatic heterocycles. The summed E-state index contributed by atoms with van der Waals surface area (Å²) in [4.78, 5) is 3.63. The Labute approximate surface area is 93.4 Å². The van der Waals surface area contributed by atoms with Gasteiger partial charge in [-0.2, -0.15) is 4.39 Å². The van der Waals surface area contributed by atoms with Crippen molar-refractivity contribution in [1.29, 1.82) is 0 Å². The fourth-order valence-electron chi connectivity index (χ4n) is 1.66. The molecular formula is C13H12FNO. The van der Waals surface area contributed by atoms with Crippen LogP contribution in [0.1, 0.15) is 24.0 Å². The molecule has 0 fully saturated rings. The van der Waals surface area contributed by atoms with Crippen molar-refractivity contribution in [2.24, 2.45) is 0 Å². The Hall–Kier alpha value is -1.90. The lowest BCUT2D eigenvalue weighted by Crippen LogP contribution is -2.00. The van der Waals surface area contributed by atoms with Crippen LogP contribution in [0.5, 0.6) is 5.75 Å². The summed E-state index contributed by atoms with van der Waals surface area (Å²) in [7, 11) is 0. The van der Waals surface area contributed by atoms with Crippen molar-refractivity contribution in [3.8, 4) is 5.75 Å². The molecule has 0 spiro atoms. The lowest BCUT2D eigenvalue weighted by molar-refractivity contribution is 0.475. The van der Waals surface area contributed by atoms with Crippen LogP contribution >= 0.6 is 0 Å². The largest absolute Gasteiger partial charge is 0.508 e. The van der Waals surface area contributed by atoms with Crippen LogP contribution in [-0.4, -0.2) is 10.1 Å². The molecule has 1 atom stereocenters. The minimum absolute atomic E-state index is 0.0747. The third-order valence-corrected chi connectivity index (χ3v) is 2.65. The smallest absolute Gasteiger partial charge is 0.216 e. The lowest BCUT2D eigenvalue weighted by Gasteiger charge is -2.12. The van der Waals surface area contributed by atoms with Gasteiger partial charge in [0, 0.05) is 17.7 Å². The Morgan fingerprint density at radius 1 is 1.19 bits per heavy atom. The van der Waals surface area contributed by atoms with Crippen LogP contribution in [0.4, 0.5) is 4.39 Å². The van der Waals surface area contributed by atoms with Gasteiger partial charge in [-0.25, -0.2) is 4.98 Å². The molecule has 2 rings (SSSR count). The number of aromatic nitrogens is 1. The molecule has 0 saturated carbocycles. The first kappa shape index (κ1) is 10.6. The zero-order chi connectivity index (χ0) is 11.5. The van der Waals surface area contributed by atoms with Crippen LogP contribution in [0.25, 0.3) is 0 Å². The Morgan fingerprint density at radius 2 is 1.88 bits per heavy atom. The fraction of sp³-hybridized carbons (Fsp3) is 0.154. The van der Waals surface area contributed by atoms with Crippen molar-refractivity contribution < 1.29 is 9.50 Å². The molecule has 2 nitrogen and oxygen atoms in total. The summed E-state index contributed by atoms with van der Waals surface area (Å²) >= 11 is 0. The minimum atomic E-state index is -0.442.